The first-order valence-electron chi connectivity index (χ1n) is 5.23. The first kappa shape index (κ1) is 13.5. The van der Waals surface area contributed by atoms with Crippen LogP contribution in [-0.2, 0) is 4.79 Å². The van der Waals surface area contributed by atoms with Crippen molar-refractivity contribution in [2.24, 2.45) is 5.92 Å². The van der Waals surface area contributed by atoms with E-state index in [1.54, 1.807) is 0 Å². The van der Waals surface area contributed by atoms with E-state index in [0.29, 0.717) is 12.5 Å². The van der Waals surface area contributed by atoms with E-state index >= 15 is 0 Å². The number of rotatable bonds is 6. The van der Waals surface area contributed by atoms with Gasteiger partial charge in [0.2, 0.25) is 0 Å². The van der Waals surface area contributed by atoms with E-state index in [2.05, 4.69) is 10.6 Å². The average Bonchev–Trinajstić information content (AvgIpc) is 2.21. The largest absolute Gasteiger partial charge is 0.390 e. The Kier molecular flexibility index (Phi) is 7.08. The van der Waals surface area contributed by atoms with Gasteiger partial charge in [-0.1, -0.05) is 20.8 Å². The zero-order valence-electron chi connectivity index (χ0n) is 9.63. The first-order valence-corrected chi connectivity index (χ1v) is 5.23. The van der Waals surface area contributed by atoms with Gasteiger partial charge in [-0.3, -0.25) is 4.79 Å². The van der Waals surface area contributed by atoms with E-state index in [4.69, 9.17) is 5.26 Å². The van der Waals surface area contributed by atoms with Crippen LogP contribution in [0.1, 0.15) is 27.2 Å². The summed E-state index contributed by atoms with van der Waals surface area (Å²) in [4.78, 5) is 11.4. The van der Waals surface area contributed by atoms with Gasteiger partial charge in [0.25, 0.3) is 5.91 Å². The van der Waals surface area contributed by atoms with Gasteiger partial charge in [-0.05, 0) is 12.3 Å². The van der Waals surface area contributed by atoms with Gasteiger partial charge in [-0.25, -0.2) is 0 Å². The molecule has 0 heterocycles. The molecule has 1 amide bonds. The molecule has 0 radical (unpaired) electrons. The molecule has 0 rings (SSSR count). The molecule has 0 saturated heterocycles. The molecule has 0 aliphatic heterocycles. The number of nitrogens with one attached hydrogen (secondary N) is 2. The topological polar surface area (TPSA) is 64.9 Å². The maximum atomic E-state index is 11.4. The van der Waals surface area contributed by atoms with Crippen LogP contribution in [0.5, 0.6) is 0 Å². The molecule has 84 valence electrons. The molecule has 0 atom stereocenters. The van der Waals surface area contributed by atoms with Crippen molar-refractivity contribution in [1.29, 1.82) is 5.26 Å². The summed E-state index contributed by atoms with van der Waals surface area (Å²) in [6.45, 7) is 7.39. The number of amides is 1. The number of nitriles is 1. The lowest BCUT2D eigenvalue weighted by Crippen LogP contribution is -2.29. The summed E-state index contributed by atoms with van der Waals surface area (Å²) in [7, 11) is 0. The summed E-state index contributed by atoms with van der Waals surface area (Å²) < 4.78 is 0. The monoisotopic (exact) mass is 209 g/mol. The second-order valence-corrected chi connectivity index (χ2v) is 3.73. The van der Waals surface area contributed by atoms with Gasteiger partial charge >= 0.3 is 0 Å². The molecule has 4 heteroatoms. The molecular formula is C11H19N3O. The van der Waals surface area contributed by atoms with Gasteiger partial charge in [0.05, 0.1) is 0 Å². The highest BCUT2D eigenvalue weighted by molar-refractivity contribution is 5.97. The molecule has 0 unspecified atom stereocenters. The lowest BCUT2D eigenvalue weighted by Gasteiger charge is -2.06. The minimum absolute atomic E-state index is 0.129. The summed E-state index contributed by atoms with van der Waals surface area (Å²) >= 11 is 0. The third-order valence-electron chi connectivity index (χ3n) is 1.68. The fourth-order valence-electron chi connectivity index (χ4n) is 0.859. The SMILES string of the molecule is CCCN/C=C(/C#N)C(=O)NCC(C)C. The first-order chi connectivity index (χ1) is 7.11. The highest BCUT2D eigenvalue weighted by atomic mass is 16.1. The minimum atomic E-state index is -0.310. The highest BCUT2D eigenvalue weighted by Crippen LogP contribution is 1.93. The summed E-state index contributed by atoms with van der Waals surface area (Å²) in [6, 6.07) is 1.87. The Morgan fingerprint density at radius 1 is 1.53 bits per heavy atom. The normalized spacial score (nSPS) is 11.0. The molecule has 0 aromatic carbocycles. The van der Waals surface area contributed by atoms with E-state index in [1.165, 1.54) is 6.20 Å². The van der Waals surface area contributed by atoms with Crippen LogP contribution in [0.3, 0.4) is 0 Å². The third kappa shape index (κ3) is 6.55. The van der Waals surface area contributed by atoms with E-state index < -0.39 is 0 Å². The second-order valence-electron chi connectivity index (χ2n) is 3.73. The zero-order chi connectivity index (χ0) is 11.7. The number of carbonyl (C=O) groups is 1. The lowest BCUT2D eigenvalue weighted by molar-refractivity contribution is -0.117. The second kappa shape index (κ2) is 7.86. The standard InChI is InChI=1S/C11H19N3O/c1-4-5-13-8-10(6-12)11(15)14-7-9(2)3/h8-9,13H,4-5,7H2,1-3H3,(H,14,15)/b10-8-. The summed E-state index contributed by atoms with van der Waals surface area (Å²) in [5, 5.41) is 14.3. The molecule has 0 aromatic heterocycles. The average molecular weight is 209 g/mol. The van der Waals surface area contributed by atoms with Crippen molar-refractivity contribution < 1.29 is 4.79 Å². The molecule has 15 heavy (non-hydrogen) atoms. The zero-order valence-corrected chi connectivity index (χ0v) is 9.63. The molecule has 4 nitrogen and oxygen atoms in total. The van der Waals surface area contributed by atoms with Crippen LogP contribution < -0.4 is 10.6 Å². The third-order valence-corrected chi connectivity index (χ3v) is 1.68. The number of hydrogen-bond donors (Lipinski definition) is 2. The van der Waals surface area contributed by atoms with Crippen molar-refractivity contribution in [3.63, 3.8) is 0 Å². The van der Waals surface area contributed by atoms with E-state index in [0.717, 1.165) is 13.0 Å². The fourth-order valence-corrected chi connectivity index (χ4v) is 0.859. The van der Waals surface area contributed by atoms with Gasteiger partial charge < -0.3 is 10.6 Å². The molecule has 0 aliphatic rings. The Balaban J connectivity index is 4.11. The number of nitrogens with zero attached hydrogens (tertiary/aromatic N) is 1. The van der Waals surface area contributed by atoms with Crippen molar-refractivity contribution in [2.45, 2.75) is 27.2 Å². The molecular weight excluding hydrogens is 190 g/mol. The minimum Gasteiger partial charge on any atom is -0.390 e. The molecule has 0 spiro atoms. The van der Waals surface area contributed by atoms with E-state index in [1.807, 2.05) is 26.8 Å². The molecule has 0 aromatic rings. The predicted octanol–water partition coefficient (Wildman–Crippen LogP) is 1.17. The van der Waals surface area contributed by atoms with E-state index in [9.17, 15) is 4.79 Å². The van der Waals surface area contributed by atoms with Gasteiger partial charge in [0.1, 0.15) is 11.6 Å². The molecule has 0 fully saturated rings. The molecule has 2 N–H and O–H groups in total. The quantitative estimate of drug-likeness (QED) is 0.392. The predicted molar refractivity (Wildman–Crippen MR) is 59.8 cm³/mol. The Hall–Kier alpha value is -1.50. The molecule has 0 bridgehead atoms. The maximum Gasteiger partial charge on any atom is 0.263 e. The van der Waals surface area contributed by atoms with Crippen molar-refractivity contribution in [1.82, 2.24) is 10.6 Å². The summed E-state index contributed by atoms with van der Waals surface area (Å²) in [5.74, 6) is 0.0762. The van der Waals surface area contributed by atoms with Crippen LogP contribution in [0.15, 0.2) is 11.8 Å². The summed E-state index contributed by atoms with van der Waals surface area (Å²) in [6.07, 6.45) is 2.43. The molecule has 0 saturated carbocycles. The van der Waals surface area contributed by atoms with Gasteiger partial charge in [-0.15, -0.1) is 0 Å². The van der Waals surface area contributed by atoms with Crippen LogP contribution in [0.4, 0.5) is 0 Å². The maximum absolute atomic E-state index is 11.4. The smallest absolute Gasteiger partial charge is 0.263 e. The molecule has 0 aliphatic carbocycles. The van der Waals surface area contributed by atoms with Crippen molar-refractivity contribution >= 4 is 5.91 Å². The number of hydrogen-bond acceptors (Lipinski definition) is 3. The van der Waals surface area contributed by atoms with Gasteiger partial charge in [0.15, 0.2) is 0 Å². The van der Waals surface area contributed by atoms with Gasteiger partial charge in [-0.2, -0.15) is 5.26 Å². The Morgan fingerprint density at radius 2 is 2.20 bits per heavy atom. The van der Waals surface area contributed by atoms with Crippen molar-refractivity contribution in [3.05, 3.63) is 11.8 Å². The Bertz CT molecular complexity index is 263. The lowest BCUT2D eigenvalue weighted by atomic mass is 10.2. The van der Waals surface area contributed by atoms with Crippen LogP contribution in [0.25, 0.3) is 0 Å². The van der Waals surface area contributed by atoms with Crippen LogP contribution in [-0.4, -0.2) is 19.0 Å². The number of carbonyl (C=O) groups excluding carboxylic acids is 1. The van der Waals surface area contributed by atoms with Gasteiger partial charge in [0, 0.05) is 19.3 Å². The summed E-state index contributed by atoms with van der Waals surface area (Å²) in [5.41, 5.74) is 0.129. The Labute approximate surface area is 91.4 Å². The highest BCUT2D eigenvalue weighted by Gasteiger charge is 2.07. The van der Waals surface area contributed by atoms with Crippen LogP contribution in [0.2, 0.25) is 0 Å². The van der Waals surface area contributed by atoms with Crippen LogP contribution in [0, 0.1) is 17.2 Å². The fraction of sp³-hybridized carbons (Fsp3) is 0.636. The van der Waals surface area contributed by atoms with Crippen molar-refractivity contribution in [3.8, 4) is 6.07 Å². The van der Waals surface area contributed by atoms with E-state index in [-0.39, 0.29) is 11.5 Å². The Morgan fingerprint density at radius 3 is 2.67 bits per heavy atom. The van der Waals surface area contributed by atoms with Crippen LogP contribution >= 0.6 is 0 Å². The van der Waals surface area contributed by atoms with Crippen molar-refractivity contribution in [2.75, 3.05) is 13.1 Å².